The highest BCUT2D eigenvalue weighted by Crippen LogP contribution is 2.43. The van der Waals surface area contributed by atoms with E-state index in [-0.39, 0.29) is 5.60 Å². The van der Waals surface area contributed by atoms with Crippen LogP contribution in [0, 0.1) is 6.92 Å². The molecule has 0 bridgehead atoms. The highest BCUT2D eigenvalue weighted by atomic mass is 16.5. The van der Waals surface area contributed by atoms with E-state index >= 15 is 0 Å². The maximum absolute atomic E-state index is 10.4. The number of allylic oxidation sites excluding steroid dienone is 2. The van der Waals surface area contributed by atoms with Crippen LogP contribution in [-0.4, -0.2) is 10.7 Å². The van der Waals surface area contributed by atoms with Gasteiger partial charge in [0.05, 0.1) is 0 Å². The minimum atomic E-state index is -0.127. The molecule has 0 saturated carbocycles. The van der Waals surface area contributed by atoms with Gasteiger partial charge in [-0.25, -0.2) is 0 Å². The Labute approximate surface area is 147 Å². The molecule has 0 aliphatic carbocycles. The van der Waals surface area contributed by atoms with E-state index in [4.69, 9.17) is 4.74 Å². The number of phenolic OH excluding ortho intramolecular Hbond substituents is 1. The maximum atomic E-state index is 10.4. The number of hydrogen-bond acceptors (Lipinski definition) is 2. The average Bonchev–Trinajstić information content (AvgIpc) is 2.51. The fraction of sp³-hybridized carbons (Fsp3) is 0.636. The Bertz CT molecular complexity index is 596. The molecule has 2 heteroatoms. The molecule has 0 aromatic heterocycles. The van der Waals surface area contributed by atoms with Crippen molar-refractivity contribution in [1.82, 2.24) is 0 Å². The van der Waals surface area contributed by atoms with Gasteiger partial charge in [0.25, 0.3) is 0 Å². The number of ether oxygens (including phenoxy) is 1. The van der Waals surface area contributed by atoms with Crippen molar-refractivity contribution in [2.75, 3.05) is 0 Å². The zero-order valence-electron chi connectivity index (χ0n) is 16.2. The van der Waals surface area contributed by atoms with Crippen LogP contribution in [0.3, 0.4) is 0 Å². The zero-order valence-corrected chi connectivity index (χ0v) is 16.2. The van der Waals surface area contributed by atoms with E-state index < -0.39 is 0 Å². The predicted molar refractivity (Wildman–Crippen MR) is 102 cm³/mol. The highest BCUT2D eigenvalue weighted by molar-refractivity contribution is 5.54. The van der Waals surface area contributed by atoms with Crippen LogP contribution in [0.4, 0.5) is 0 Å². The largest absolute Gasteiger partial charge is 0.508 e. The summed E-state index contributed by atoms with van der Waals surface area (Å²) in [6.07, 6.45) is 10.9. The van der Waals surface area contributed by atoms with Gasteiger partial charge in [-0.2, -0.15) is 0 Å². The molecule has 0 saturated heterocycles. The molecular weight excluding hydrogens is 296 g/mol. The topological polar surface area (TPSA) is 29.5 Å². The molecular formula is C22H34O2. The molecule has 0 radical (unpaired) electrons. The van der Waals surface area contributed by atoms with E-state index in [1.54, 1.807) is 0 Å². The molecule has 1 unspecified atom stereocenters. The Balaban J connectivity index is 2.20. The number of aromatic hydroxyl groups is 1. The molecule has 2 rings (SSSR count). The Hall–Kier alpha value is -1.44. The first-order valence-corrected chi connectivity index (χ1v) is 9.53. The summed E-state index contributed by atoms with van der Waals surface area (Å²) >= 11 is 0. The minimum absolute atomic E-state index is 0.127. The van der Waals surface area contributed by atoms with Crippen molar-refractivity contribution < 1.29 is 9.84 Å². The van der Waals surface area contributed by atoms with Crippen molar-refractivity contribution in [2.24, 2.45) is 0 Å². The van der Waals surface area contributed by atoms with Gasteiger partial charge in [0.2, 0.25) is 0 Å². The van der Waals surface area contributed by atoms with E-state index in [0.29, 0.717) is 5.75 Å². The van der Waals surface area contributed by atoms with Gasteiger partial charge in [-0.3, -0.25) is 0 Å². The third kappa shape index (κ3) is 4.55. The normalized spacial score (nSPS) is 19.5. The van der Waals surface area contributed by atoms with Gasteiger partial charge < -0.3 is 9.84 Å². The number of aryl methyl sites for hydroxylation is 1. The fourth-order valence-electron chi connectivity index (χ4n) is 3.58. The first-order valence-electron chi connectivity index (χ1n) is 9.53. The van der Waals surface area contributed by atoms with Gasteiger partial charge in [0.15, 0.2) is 0 Å². The summed E-state index contributed by atoms with van der Waals surface area (Å²) in [6, 6.07) is 1.97. The van der Waals surface area contributed by atoms with Crippen molar-refractivity contribution in [3.8, 4) is 11.5 Å². The predicted octanol–water partition coefficient (Wildman–Crippen LogP) is 6.26. The molecule has 0 fully saturated rings. The van der Waals surface area contributed by atoms with Gasteiger partial charge >= 0.3 is 0 Å². The lowest BCUT2D eigenvalue weighted by atomic mass is 9.86. The third-order valence-corrected chi connectivity index (χ3v) is 5.24. The van der Waals surface area contributed by atoms with Gasteiger partial charge in [-0.15, -0.1) is 0 Å². The summed E-state index contributed by atoms with van der Waals surface area (Å²) in [6.45, 7) is 10.9. The van der Waals surface area contributed by atoms with Crippen molar-refractivity contribution in [3.63, 3.8) is 0 Å². The maximum Gasteiger partial charge on any atom is 0.130 e. The summed E-state index contributed by atoms with van der Waals surface area (Å²) in [5, 5.41) is 10.4. The molecule has 1 aromatic carbocycles. The van der Waals surface area contributed by atoms with E-state index in [0.717, 1.165) is 43.4 Å². The molecule has 0 amide bonds. The van der Waals surface area contributed by atoms with Crippen LogP contribution < -0.4 is 4.74 Å². The van der Waals surface area contributed by atoms with Gasteiger partial charge in [-0.1, -0.05) is 31.4 Å². The number of phenols is 1. The molecule has 134 valence electrons. The zero-order chi connectivity index (χ0) is 17.7. The Morgan fingerprint density at radius 3 is 2.75 bits per heavy atom. The summed E-state index contributed by atoms with van der Waals surface area (Å²) < 4.78 is 6.47. The van der Waals surface area contributed by atoms with Crippen molar-refractivity contribution >= 4 is 0 Å². The second kappa shape index (κ2) is 8.09. The molecule has 24 heavy (non-hydrogen) atoms. The Morgan fingerprint density at radius 2 is 2.08 bits per heavy atom. The van der Waals surface area contributed by atoms with Crippen molar-refractivity contribution in [3.05, 3.63) is 34.4 Å². The quantitative estimate of drug-likeness (QED) is 0.472. The van der Waals surface area contributed by atoms with Crippen molar-refractivity contribution in [2.45, 2.75) is 91.6 Å². The molecule has 0 spiro atoms. The fourth-order valence-corrected chi connectivity index (χ4v) is 3.58. The summed E-state index contributed by atoms with van der Waals surface area (Å²) in [5.41, 5.74) is 4.71. The number of hydrogen-bond donors (Lipinski definition) is 1. The molecule has 1 aromatic rings. The van der Waals surface area contributed by atoms with E-state index in [2.05, 4.69) is 40.7 Å². The van der Waals surface area contributed by atoms with Crippen LogP contribution in [0.5, 0.6) is 11.5 Å². The molecule has 1 heterocycles. The lowest BCUT2D eigenvalue weighted by Gasteiger charge is -2.37. The van der Waals surface area contributed by atoms with Crippen LogP contribution in [0.15, 0.2) is 17.7 Å². The molecule has 1 N–H and O–H groups in total. The second-order valence-corrected chi connectivity index (χ2v) is 7.82. The smallest absolute Gasteiger partial charge is 0.130 e. The number of unbranched alkanes of at least 4 members (excludes halogenated alkanes) is 2. The summed E-state index contributed by atoms with van der Waals surface area (Å²) in [7, 11) is 0. The number of benzene rings is 1. The van der Waals surface area contributed by atoms with E-state index in [1.807, 2.05) is 6.07 Å². The standard InChI is InChI=1S/C22H34O2/c1-6-7-8-11-18-15-20(23)19-12-14-22(5,13-9-10-16(2)3)24-21(19)17(18)4/h10,15,23H,6-9,11-14H2,1-5H3. The van der Waals surface area contributed by atoms with Crippen LogP contribution in [-0.2, 0) is 12.8 Å². The van der Waals surface area contributed by atoms with Crippen LogP contribution in [0.25, 0.3) is 0 Å². The van der Waals surface area contributed by atoms with Crippen molar-refractivity contribution in [1.29, 1.82) is 0 Å². The minimum Gasteiger partial charge on any atom is -0.508 e. The first kappa shape index (κ1) is 18.9. The monoisotopic (exact) mass is 330 g/mol. The Morgan fingerprint density at radius 1 is 1.33 bits per heavy atom. The first-order chi connectivity index (χ1) is 11.4. The van der Waals surface area contributed by atoms with E-state index in [1.165, 1.54) is 36.0 Å². The van der Waals surface area contributed by atoms with Crippen LogP contribution >= 0.6 is 0 Å². The lowest BCUT2D eigenvalue weighted by Crippen LogP contribution is -2.36. The van der Waals surface area contributed by atoms with Crippen LogP contribution in [0.1, 0.15) is 82.9 Å². The highest BCUT2D eigenvalue weighted by Gasteiger charge is 2.33. The molecule has 1 aliphatic heterocycles. The molecule has 1 aliphatic rings. The van der Waals surface area contributed by atoms with Crippen LogP contribution in [0.2, 0.25) is 0 Å². The van der Waals surface area contributed by atoms with E-state index in [9.17, 15) is 5.11 Å². The SMILES string of the molecule is CCCCCc1cc(O)c2c(c1C)OC(C)(CCC=C(C)C)CC2. The molecule has 1 atom stereocenters. The van der Waals surface area contributed by atoms with Gasteiger partial charge in [0.1, 0.15) is 17.1 Å². The molecule has 2 nitrogen and oxygen atoms in total. The second-order valence-electron chi connectivity index (χ2n) is 7.82. The number of fused-ring (bicyclic) bond motifs is 1. The number of rotatable bonds is 7. The lowest BCUT2D eigenvalue weighted by molar-refractivity contribution is 0.0554. The third-order valence-electron chi connectivity index (χ3n) is 5.24. The van der Waals surface area contributed by atoms with Gasteiger partial charge in [-0.05, 0) is 83.4 Å². The summed E-state index contributed by atoms with van der Waals surface area (Å²) in [5.74, 6) is 1.38. The Kier molecular flexibility index (Phi) is 6.37. The summed E-state index contributed by atoms with van der Waals surface area (Å²) in [4.78, 5) is 0. The average molecular weight is 331 g/mol. The van der Waals surface area contributed by atoms with Gasteiger partial charge in [0, 0.05) is 5.56 Å².